The van der Waals surface area contributed by atoms with Gasteiger partial charge in [-0.1, -0.05) is 12.1 Å². The molecule has 1 heterocycles. The van der Waals surface area contributed by atoms with Gasteiger partial charge in [0.15, 0.2) is 0 Å². The summed E-state index contributed by atoms with van der Waals surface area (Å²) >= 11 is 0. The van der Waals surface area contributed by atoms with Crippen molar-refractivity contribution in [2.45, 2.75) is 6.92 Å². The van der Waals surface area contributed by atoms with Crippen LogP contribution in [0.3, 0.4) is 0 Å². The summed E-state index contributed by atoms with van der Waals surface area (Å²) in [4.78, 5) is 4.02. The van der Waals surface area contributed by atoms with Gasteiger partial charge in [-0.25, -0.2) is 4.98 Å². The Morgan fingerprint density at radius 1 is 1.36 bits per heavy atom. The van der Waals surface area contributed by atoms with Crippen LogP contribution in [0, 0.1) is 6.92 Å². The van der Waals surface area contributed by atoms with Gasteiger partial charge in [-0.3, -0.25) is 0 Å². The molecule has 72 valence electrons. The summed E-state index contributed by atoms with van der Waals surface area (Å²) in [7, 11) is 1.68. The molecular weight excluding hydrogens is 176 g/mol. The molecule has 3 heteroatoms. The number of aromatic nitrogens is 2. The summed E-state index contributed by atoms with van der Waals surface area (Å²) < 4.78 is 7.25. The SMILES string of the molecule is COc1cccc(C)c1-n1ccnc1. The highest BCUT2D eigenvalue weighted by Crippen LogP contribution is 2.25. The average molecular weight is 188 g/mol. The minimum atomic E-state index is 0.864. The smallest absolute Gasteiger partial charge is 0.143 e. The Balaban J connectivity index is 2.61. The highest BCUT2D eigenvalue weighted by Gasteiger charge is 2.06. The Bertz CT molecular complexity index is 421. The Morgan fingerprint density at radius 2 is 2.21 bits per heavy atom. The summed E-state index contributed by atoms with van der Waals surface area (Å²) in [5.74, 6) is 0.864. The predicted octanol–water partition coefficient (Wildman–Crippen LogP) is 2.19. The molecule has 0 atom stereocenters. The van der Waals surface area contributed by atoms with Gasteiger partial charge in [0.1, 0.15) is 5.75 Å². The van der Waals surface area contributed by atoms with Crippen LogP contribution in [-0.4, -0.2) is 16.7 Å². The lowest BCUT2D eigenvalue weighted by Gasteiger charge is -2.11. The van der Waals surface area contributed by atoms with Crippen LogP contribution in [0.15, 0.2) is 36.9 Å². The molecule has 3 nitrogen and oxygen atoms in total. The van der Waals surface area contributed by atoms with Gasteiger partial charge in [-0.05, 0) is 18.6 Å². The molecule has 0 aliphatic heterocycles. The molecule has 0 radical (unpaired) electrons. The quantitative estimate of drug-likeness (QED) is 0.722. The number of benzene rings is 1. The molecule has 0 unspecified atom stereocenters. The number of methoxy groups -OCH3 is 1. The van der Waals surface area contributed by atoms with Gasteiger partial charge in [0.25, 0.3) is 0 Å². The van der Waals surface area contributed by atoms with Crippen molar-refractivity contribution in [3.8, 4) is 11.4 Å². The number of hydrogen-bond donors (Lipinski definition) is 0. The first-order chi connectivity index (χ1) is 6.83. The normalized spacial score (nSPS) is 10.1. The third-order valence-electron chi connectivity index (χ3n) is 2.18. The first kappa shape index (κ1) is 8.81. The number of ether oxygens (including phenoxy) is 1. The van der Waals surface area contributed by atoms with E-state index in [1.807, 2.05) is 22.9 Å². The Morgan fingerprint density at radius 3 is 2.86 bits per heavy atom. The lowest BCUT2D eigenvalue weighted by Crippen LogP contribution is -1.97. The van der Waals surface area contributed by atoms with Gasteiger partial charge in [0, 0.05) is 12.4 Å². The van der Waals surface area contributed by atoms with Crippen LogP contribution < -0.4 is 4.74 Å². The van der Waals surface area contributed by atoms with E-state index in [1.54, 1.807) is 19.6 Å². The first-order valence-corrected chi connectivity index (χ1v) is 4.45. The number of rotatable bonds is 2. The molecule has 0 amide bonds. The van der Waals surface area contributed by atoms with E-state index in [4.69, 9.17) is 4.74 Å². The highest BCUT2D eigenvalue weighted by atomic mass is 16.5. The van der Waals surface area contributed by atoms with Crippen LogP contribution in [0.25, 0.3) is 5.69 Å². The molecule has 0 fully saturated rings. The molecule has 2 aromatic rings. The minimum absolute atomic E-state index is 0.864. The van der Waals surface area contributed by atoms with Crippen LogP contribution in [0.2, 0.25) is 0 Å². The first-order valence-electron chi connectivity index (χ1n) is 4.45. The van der Waals surface area contributed by atoms with E-state index < -0.39 is 0 Å². The molecule has 1 aromatic heterocycles. The van der Waals surface area contributed by atoms with E-state index in [0.29, 0.717) is 0 Å². The molecule has 0 aliphatic rings. The predicted molar refractivity (Wildman–Crippen MR) is 54.9 cm³/mol. The largest absolute Gasteiger partial charge is 0.495 e. The molecular formula is C11H12N2O. The van der Waals surface area contributed by atoms with Crippen LogP contribution in [-0.2, 0) is 0 Å². The van der Waals surface area contributed by atoms with Crippen molar-refractivity contribution in [1.29, 1.82) is 0 Å². The summed E-state index contributed by atoms with van der Waals surface area (Å²) in [5, 5.41) is 0. The fourth-order valence-corrected chi connectivity index (χ4v) is 1.52. The second kappa shape index (κ2) is 3.54. The zero-order valence-corrected chi connectivity index (χ0v) is 8.27. The lowest BCUT2D eigenvalue weighted by molar-refractivity contribution is 0.412. The van der Waals surface area contributed by atoms with Crippen molar-refractivity contribution in [1.82, 2.24) is 9.55 Å². The van der Waals surface area contributed by atoms with Crippen molar-refractivity contribution in [2.24, 2.45) is 0 Å². The van der Waals surface area contributed by atoms with E-state index in [0.717, 1.165) is 11.4 Å². The topological polar surface area (TPSA) is 27.1 Å². The van der Waals surface area contributed by atoms with Crippen molar-refractivity contribution in [3.05, 3.63) is 42.5 Å². The van der Waals surface area contributed by atoms with E-state index in [9.17, 15) is 0 Å². The molecule has 0 saturated heterocycles. The van der Waals surface area contributed by atoms with Crippen LogP contribution >= 0.6 is 0 Å². The summed E-state index contributed by atoms with van der Waals surface area (Å²) in [6.07, 6.45) is 5.43. The van der Waals surface area contributed by atoms with Gasteiger partial charge in [-0.2, -0.15) is 0 Å². The molecule has 0 aliphatic carbocycles. The van der Waals surface area contributed by atoms with E-state index in [1.165, 1.54) is 5.56 Å². The van der Waals surface area contributed by atoms with Gasteiger partial charge < -0.3 is 9.30 Å². The second-order valence-corrected chi connectivity index (χ2v) is 3.10. The number of nitrogens with zero attached hydrogens (tertiary/aromatic N) is 2. The fourth-order valence-electron chi connectivity index (χ4n) is 1.52. The maximum atomic E-state index is 5.30. The Hall–Kier alpha value is -1.77. The van der Waals surface area contributed by atoms with Crippen LogP contribution in [0.1, 0.15) is 5.56 Å². The van der Waals surface area contributed by atoms with Gasteiger partial charge in [-0.15, -0.1) is 0 Å². The lowest BCUT2D eigenvalue weighted by atomic mass is 10.2. The van der Waals surface area contributed by atoms with Gasteiger partial charge in [0.2, 0.25) is 0 Å². The Labute approximate surface area is 83.0 Å². The molecule has 0 N–H and O–H groups in total. The summed E-state index contributed by atoms with van der Waals surface area (Å²) in [6.45, 7) is 2.05. The second-order valence-electron chi connectivity index (χ2n) is 3.10. The Kier molecular flexibility index (Phi) is 2.23. The summed E-state index contributed by atoms with van der Waals surface area (Å²) in [5.41, 5.74) is 2.22. The molecule has 2 rings (SSSR count). The molecule has 0 bridgehead atoms. The molecule has 0 spiro atoms. The molecule has 1 aromatic carbocycles. The van der Waals surface area contributed by atoms with Gasteiger partial charge >= 0.3 is 0 Å². The van der Waals surface area contributed by atoms with Crippen molar-refractivity contribution >= 4 is 0 Å². The number of aryl methyl sites for hydroxylation is 1. The molecule has 0 saturated carbocycles. The number of hydrogen-bond acceptors (Lipinski definition) is 2. The monoisotopic (exact) mass is 188 g/mol. The van der Waals surface area contributed by atoms with Crippen molar-refractivity contribution < 1.29 is 4.74 Å². The van der Waals surface area contributed by atoms with Crippen molar-refractivity contribution in [3.63, 3.8) is 0 Å². The van der Waals surface area contributed by atoms with E-state index in [-0.39, 0.29) is 0 Å². The number of imidazole rings is 1. The maximum absolute atomic E-state index is 5.30. The van der Waals surface area contributed by atoms with Gasteiger partial charge in [0.05, 0.1) is 19.1 Å². The zero-order chi connectivity index (χ0) is 9.97. The minimum Gasteiger partial charge on any atom is -0.495 e. The third-order valence-corrected chi connectivity index (χ3v) is 2.18. The van der Waals surface area contributed by atoms with Crippen LogP contribution in [0.5, 0.6) is 5.75 Å². The highest BCUT2D eigenvalue weighted by molar-refractivity contribution is 5.52. The maximum Gasteiger partial charge on any atom is 0.143 e. The molecule has 14 heavy (non-hydrogen) atoms. The van der Waals surface area contributed by atoms with Crippen LogP contribution in [0.4, 0.5) is 0 Å². The standard InChI is InChI=1S/C11H12N2O/c1-9-4-3-5-10(14-2)11(9)13-7-6-12-8-13/h3-8H,1-2H3. The summed E-state index contributed by atoms with van der Waals surface area (Å²) in [6, 6.07) is 5.98. The average Bonchev–Trinajstić information content (AvgIpc) is 2.70. The number of para-hydroxylation sites is 1. The van der Waals surface area contributed by atoms with E-state index in [2.05, 4.69) is 18.0 Å². The van der Waals surface area contributed by atoms with E-state index >= 15 is 0 Å². The fraction of sp³-hybridized carbons (Fsp3) is 0.182. The third kappa shape index (κ3) is 1.37. The van der Waals surface area contributed by atoms with Crippen molar-refractivity contribution in [2.75, 3.05) is 7.11 Å². The zero-order valence-electron chi connectivity index (χ0n) is 8.27.